The summed E-state index contributed by atoms with van der Waals surface area (Å²) in [5.74, 6) is 0. The molecular formula is C14H23ClN2S. The minimum Gasteiger partial charge on any atom is -0.329 e. The van der Waals surface area contributed by atoms with Gasteiger partial charge in [-0.15, -0.1) is 11.3 Å². The maximum atomic E-state index is 6.05. The summed E-state index contributed by atoms with van der Waals surface area (Å²) < 4.78 is 0.864. The zero-order valence-electron chi connectivity index (χ0n) is 11.1. The summed E-state index contributed by atoms with van der Waals surface area (Å²) >= 11 is 7.73. The van der Waals surface area contributed by atoms with Gasteiger partial charge in [0.15, 0.2) is 0 Å². The average Bonchev–Trinajstić information content (AvgIpc) is 2.83. The molecule has 1 atom stereocenters. The van der Waals surface area contributed by atoms with E-state index in [2.05, 4.69) is 17.9 Å². The molecule has 1 heterocycles. The highest BCUT2D eigenvalue weighted by Crippen LogP contribution is 2.34. The van der Waals surface area contributed by atoms with E-state index in [4.69, 9.17) is 17.3 Å². The summed E-state index contributed by atoms with van der Waals surface area (Å²) in [5, 5.41) is 0. The molecule has 0 bridgehead atoms. The first kappa shape index (κ1) is 14.3. The van der Waals surface area contributed by atoms with Crippen LogP contribution in [0.2, 0.25) is 4.34 Å². The molecule has 2 N–H and O–H groups in total. The Bertz CT molecular complexity index is 360. The third kappa shape index (κ3) is 3.27. The molecule has 1 aromatic heterocycles. The molecule has 0 aromatic carbocycles. The lowest BCUT2D eigenvalue weighted by atomic mass is 9.93. The summed E-state index contributed by atoms with van der Waals surface area (Å²) in [7, 11) is 0. The van der Waals surface area contributed by atoms with E-state index >= 15 is 0 Å². The molecule has 2 nitrogen and oxygen atoms in total. The van der Waals surface area contributed by atoms with Crippen LogP contribution in [-0.2, 0) is 0 Å². The summed E-state index contributed by atoms with van der Waals surface area (Å²) in [6, 6.07) is 5.17. The normalized spacial score (nSPS) is 19.3. The van der Waals surface area contributed by atoms with E-state index in [-0.39, 0.29) is 0 Å². The number of halogens is 1. The van der Waals surface area contributed by atoms with E-state index in [0.717, 1.165) is 10.9 Å². The number of hydrogen-bond acceptors (Lipinski definition) is 3. The highest BCUT2D eigenvalue weighted by molar-refractivity contribution is 7.16. The molecule has 0 radical (unpaired) electrons. The number of thiophene rings is 1. The van der Waals surface area contributed by atoms with Crippen LogP contribution in [0.15, 0.2) is 12.1 Å². The summed E-state index contributed by atoms with van der Waals surface area (Å²) in [6.07, 6.45) is 6.77. The van der Waals surface area contributed by atoms with Crippen molar-refractivity contribution in [2.75, 3.05) is 13.1 Å². The van der Waals surface area contributed by atoms with Crippen LogP contribution in [0.4, 0.5) is 0 Å². The lowest BCUT2D eigenvalue weighted by Gasteiger charge is -2.38. The van der Waals surface area contributed by atoms with Gasteiger partial charge in [-0.2, -0.15) is 0 Å². The monoisotopic (exact) mass is 286 g/mol. The van der Waals surface area contributed by atoms with Crippen molar-refractivity contribution in [3.8, 4) is 0 Å². The Morgan fingerprint density at radius 1 is 1.39 bits per heavy atom. The van der Waals surface area contributed by atoms with E-state index in [9.17, 15) is 0 Å². The molecular weight excluding hydrogens is 264 g/mol. The van der Waals surface area contributed by atoms with E-state index < -0.39 is 0 Å². The van der Waals surface area contributed by atoms with E-state index in [1.54, 1.807) is 11.3 Å². The highest BCUT2D eigenvalue weighted by atomic mass is 35.5. The van der Waals surface area contributed by atoms with Gasteiger partial charge in [-0.1, -0.05) is 37.8 Å². The zero-order valence-corrected chi connectivity index (χ0v) is 12.6. The SMILES string of the molecule is CCN(C1CCCCC1)C(CN)c1ccc(Cl)s1. The van der Waals surface area contributed by atoms with Crippen molar-refractivity contribution in [2.45, 2.75) is 51.1 Å². The molecule has 1 aliphatic rings. The lowest BCUT2D eigenvalue weighted by Crippen LogP contribution is -2.42. The predicted molar refractivity (Wildman–Crippen MR) is 80.4 cm³/mol. The topological polar surface area (TPSA) is 29.3 Å². The lowest BCUT2D eigenvalue weighted by molar-refractivity contribution is 0.115. The van der Waals surface area contributed by atoms with Gasteiger partial charge < -0.3 is 5.73 Å². The highest BCUT2D eigenvalue weighted by Gasteiger charge is 2.27. The first-order valence-corrected chi connectivity index (χ1v) is 8.16. The Morgan fingerprint density at radius 3 is 2.61 bits per heavy atom. The van der Waals surface area contributed by atoms with Crippen LogP contribution in [0.5, 0.6) is 0 Å². The molecule has 0 spiro atoms. The second kappa shape index (κ2) is 6.90. The second-order valence-electron chi connectivity index (χ2n) is 5.02. The molecule has 1 unspecified atom stereocenters. The van der Waals surface area contributed by atoms with Gasteiger partial charge in [0.05, 0.1) is 10.4 Å². The van der Waals surface area contributed by atoms with Crippen LogP contribution in [0.1, 0.15) is 49.9 Å². The third-order valence-corrected chi connectivity index (χ3v) is 5.29. The predicted octanol–water partition coefficient (Wildman–Crippen LogP) is 4.06. The van der Waals surface area contributed by atoms with Crippen LogP contribution in [-0.4, -0.2) is 24.0 Å². The van der Waals surface area contributed by atoms with Crippen molar-refractivity contribution in [1.82, 2.24) is 4.90 Å². The van der Waals surface area contributed by atoms with Crippen molar-refractivity contribution in [3.63, 3.8) is 0 Å². The fourth-order valence-electron chi connectivity index (χ4n) is 3.07. The molecule has 1 saturated carbocycles. The van der Waals surface area contributed by atoms with Gasteiger partial charge in [0.1, 0.15) is 0 Å². The maximum absolute atomic E-state index is 6.05. The quantitative estimate of drug-likeness (QED) is 0.884. The van der Waals surface area contributed by atoms with Crippen LogP contribution >= 0.6 is 22.9 Å². The van der Waals surface area contributed by atoms with Gasteiger partial charge in [0.2, 0.25) is 0 Å². The molecule has 0 aliphatic heterocycles. The third-order valence-electron chi connectivity index (χ3n) is 3.95. The second-order valence-corrected chi connectivity index (χ2v) is 6.76. The van der Waals surface area contributed by atoms with Gasteiger partial charge in [-0.3, -0.25) is 4.90 Å². The Balaban J connectivity index is 2.12. The molecule has 1 aromatic rings. The molecule has 102 valence electrons. The molecule has 0 amide bonds. The molecule has 0 saturated heterocycles. The van der Waals surface area contributed by atoms with Crippen LogP contribution in [0.25, 0.3) is 0 Å². The number of rotatable bonds is 5. The van der Waals surface area contributed by atoms with Gasteiger partial charge in [0, 0.05) is 17.5 Å². The van der Waals surface area contributed by atoms with Crippen molar-refractivity contribution in [3.05, 3.63) is 21.3 Å². The molecule has 18 heavy (non-hydrogen) atoms. The summed E-state index contributed by atoms with van der Waals surface area (Å²) in [4.78, 5) is 3.90. The fourth-order valence-corrected chi connectivity index (χ4v) is 4.26. The van der Waals surface area contributed by atoms with Gasteiger partial charge in [-0.25, -0.2) is 0 Å². The van der Waals surface area contributed by atoms with Crippen molar-refractivity contribution in [2.24, 2.45) is 5.73 Å². The standard InChI is InChI=1S/C14H23ClN2S/c1-2-17(11-6-4-3-5-7-11)12(10-16)13-8-9-14(15)18-13/h8-9,11-12H,2-7,10,16H2,1H3. The van der Waals surface area contributed by atoms with Gasteiger partial charge in [-0.05, 0) is 31.5 Å². The first-order valence-electron chi connectivity index (χ1n) is 6.97. The smallest absolute Gasteiger partial charge is 0.0931 e. The largest absolute Gasteiger partial charge is 0.329 e. The molecule has 1 aliphatic carbocycles. The van der Waals surface area contributed by atoms with Crippen LogP contribution < -0.4 is 5.73 Å². The fraction of sp³-hybridized carbons (Fsp3) is 0.714. The van der Waals surface area contributed by atoms with E-state index in [1.807, 2.05) is 6.07 Å². The Hall–Kier alpha value is -0.0900. The Kier molecular flexibility index (Phi) is 5.49. The van der Waals surface area contributed by atoms with Crippen LogP contribution in [0.3, 0.4) is 0 Å². The minimum atomic E-state index is 0.343. The van der Waals surface area contributed by atoms with Gasteiger partial charge >= 0.3 is 0 Å². The Morgan fingerprint density at radius 2 is 2.11 bits per heavy atom. The zero-order chi connectivity index (χ0) is 13.0. The van der Waals surface area contributed by atoms with Crippen LogP contribution in [0, 0.1) is 0 Å². The number of likely N-dealkylation sites (N-methyl/N-ethyl adjacent to an activating group) is 1. The van der Waals surface area contributed by atoms with Crippen molar-refractivity contribution >= 4 is 22.9 Å². The van der Waals surface area contributed by atoms with E-state index in [0.29, 0.717) is 18.6 Å². The van der Waals surface area contributed by atoms with Crippen molar-refractivity contribution < 1.29 is 0 Å². The van der Waals surface area contributed by atoms with Gasteiger partial charge in [0.25, 0.3) is 0 Å². The number of nitrogens with zero attached hydrogens (tertiary/aromatic N) is 1. The van der Waals surface area contributed by atoms with Crippen molar-refractivity contribution in [1.29, 1.82) is 0 Å². The summed E-state index contributed by atoms with van der Waals surface area (Å²) in [5.41, 5.74) is 6.02. The average molecular weight is 287 g/mol. The molecule has 4 heteroatoms. The maximum Gasteiger partial charge on any atom is 0.0931 e. The minimum absolute atomic E-state index is 0.343. The molecule has 2 rings (SSSR count). The summed E-state index contributed by atoms with van der Waals surface area (Å²) in [6.45, 7) is 4.00. The molecule has 1 fully saturated rings. The number of nitrogens with two attached hydrogens (primary N) is 1. The Labute approximate surface area is 119 Å². The number of hydrogen-bond donors (Lipinski definition) is 1. The van der Waals surface area contributed by atoms with E-state index in [1.165, 1.54) is 37.0 Å². The first-order chi connectivity index (χ1) is 8.76.